The van der Waals surface area contributed by atoms with E-state index in [-0.39, 0.29) is 29.5 Å². The fraction of sp³-hybridized carbons (Fsp3) is 0.292. The zero-order valence-electron chi connectivity index (χ0n) is 18.3. The van der Waals surface area contributed by atoms with E-state index < -0.39 is 17.6 Å². The van der Waals surface area contributed by atoms with Gasteiger partial charge in [-0.25, -0.2) is 9.29 Å². The van der Waals surface area contributed by atoms with Gasteiger partial charge in [0.25, 0.3) is 11.8 Å². The number of rotatable bonds is 6. The molecular formula is C24H25FN4O4. The average Bonchev–Trinajstić information content (AvgIpc) is 3.05. The molecule has 0 bridgehead atoms. The number of hydrogen-bond acceptors (Lipinski definition) is 6. The first-order valence-corrected chi connectivity index (χ1v) is 10.7. The Balaban J connectivity index is 1.72. The van der Waals surface area contributed by atoms with Gasteiger partial charge in [-0.05, 0) is 35.9 Å². The zero-order valence-corrected chi connectivity index (χ0v) is 18.3. The Morgan fingerprint density at radius 1 is 1.03 bits per heavy atom. The molecule has 172 valence electrons. The molecule has 2 aromatic carbocycles. The fourth-order valence-corrected chi connectivity index (χ4v) is 4.18. The molecule has 1 saturated heterocycles. The number of carbonyl (C=O) groups is 3. The number of carbonyl (C=O) groups excluding carboxylic acids is 3. The van der Waals surface area contributed by atoms with Gasteiger partial charge in [-0.15, -0.1) is 0 Å². The van der Waals surface area contributed by atoms with Crippen LogP contribution in [0.3, 0.4) is 0 Å². The van der Waals surface area contributed by atoms with E-state index in [0.717, 1.165) is 11.0 Å². The van der Waals surface area contributed by atoms with E-state index in [0.29, 0.717) is 44.0 Å². The maximum absolute atomic E-state index is 13.9. The van der Waals surface area contributed by atoms with Gasteiger partial charge >= 0.3 is 0 Å². The van der Waals surface area contributed by atoms with Crippen molar-refractivity contribution < 1.29 is 23.9 Å². The van der Waals surface area contributed by atoms with Crippen LogP contribution < -0.4 is 10.2 Å². The molecule has 0 aromatic heterocycles. The second kappa shape index (κ2) is 9.51. The average molecular weight is 452 g/mol. The summed E-state index contributed by atoms with van der Waals surface area (Å²) in [6.45, 7) is 4.31. The van der Waals surface area contributed by atoms with Crippen LogP contribution in [0.15, 0.2) is 54.2 Å². The minimum absolute atomic E-state index is 0.0549. The van der Waals surface area contributed by atoms with E-state index in [1.807, 2.05) is 4.90 Å². The number of piperazine rings is 1. The predicted octanol–water partition coefficient (Wildman–Crippen LogP) is 1.68. The number of benzene rings is 2. The summed E-state index contributed by atoms with van der Waals surface area (Å²) in [5, 5.41) is 11.9. The molecule has 2 aliphatic heterocycles. The van der Waals surface area contributed by atoms with Crippen molar-refractivity contribution in [1.82, 2.24) is 9.80 Å². The molecule has 2 N–H and O–H groups in total. The van der Waals surface area contributed by atoms with Crippen LogP contribution >= 0.6 is 0 Å². The van der Waals surface area contributed by atoms with Gasteiger partial charge in [0.05, 0.1) is 17.9 Å². The predicted molar refractivity (Wildman–Crippen MR) is 122 cm³/mol. The van der Waals surface area contributed by atoms with E-state index >= 15 is 0 Å². The van der Waals surface area contributed by atoms with Gasteiger partial charge < -0.3 is 15.3 Å². The van der Waals surface area contributed by atoms with Gasteiger partial charge in [0.1, 0.15) is 11.5 Å². The lowest BCUT2D eigenvalue weighted by Crippen LogP contribution is -2.48. The number of hydrogen-bond donors (Lipinski definition) is 2. The third-order valence-electron chi connectivity index (χ3n) is 5.72. The fourth-order valence-electron chi connectivity index (χ4n) is 4.18. The van der Waals surface area contributed by atoms with Gasteiger partial charge in [-0.2, -0.15) is 0 Å². The van der Waals surface area contributed by atoms with Crippen LogP contribution in [-0.2, 0) is 14.4 Å². The number of nitrogens with zero attached hydrogens (tertiary/aromatic N) is 3. The van der Waals surface area contributed by atoms with Crippen molar-refractivity contribution in [1.29, 1.82) is 0 Å². The van der Waals surface area contributed by atoms with Crippen molar-refractivity contribution in [3.8, 4) is 0 Å². The summed E-state index contributed by atoms with van der Waals surface area (Å²) in [5.41, 5.74) is 1.81. The number of amides is 3. The highest BCUT2D eigenvalue weighted by Crippen LogP contribution is 2.35. The maximum atomic E-state index is 13.9. The number of anilines is 2. The molecule has 0 aliphatic carbocycles. The second-order valence-corrected chi connectivity index (χ2v) is 7.96. The molecule has 9 heteroatoms. The molecule has 0 radical (unpaired) electrons. The normalized spacial score (nSPS) is 17.2. The molecule has 0 saturated carbocycles. The first-order chi connectivity index (χ1) is 15.9. The molecule has 33 heavy (non-hydrogen) atoms. The highest BCUT2D eigenvalue weighted by molar-refractivity contribution is 6.45. The van der Waals surface area contributed by atoms with Crippen molar-refractivity contribution in [2.45, 2.75) is 6.92 Å². The van der Waals surface area contributed by atoms with Crippen molar-refractivity contribution in [3.63, 3.8) is 0 Å². The summed E-state index contributed by atoms with van der Waals surface area (Å²) in [4.78, 5) is 43.3. The molecule has 4 rings (SSSR count). The Bertz CT molecular complexity index is 1110. The van der Waals surface area contributed by atoms with E-state index in [1.54, 1.807) is 24.3 Å². The Morgan fingerprint density at radius 2 is 1.73 bits per heavy atom. The molecule has 2 aromatic rings. The number of nitrogens with one attached hydrogen (secondary N) is 1. The Hall–Kier alpha value is -3.56. The lowest BCUT2D eigenvalue weighted by Gasteiger charge is -2.36. The Morgan fingerprint density at radius 3 is 2.33 bits per heavy atom. The molecule has 0 unspecified atom stereocenters. The summed E-state index contributed by atoms with van der Waals surface area (Å²) in [6, 6.07) is 12.1. The summed E-state index contributed by atoms with van der Waals surface area (Å²) < 4.78 is 13.9. The Labute approximate surface area is 190 Å². The highest BCUT2D eigenvalue weighted by Gasteiger charge is 2.43. The third-order valence-corrected chi connectivity index (χ3v) is 5.72. The van der Waals surface area contributed by atoms with Crippen molar-refractivity contribution in [2.24, 2.45) is 0 Å². The zero-order chi connectivity index (χ0) is 23.5. The molecule has 0 atom stereocenters. The smallest absolute Gasteiger partial charge is 0.282 e. The molecule has 1 fully saturated rings. The van der Waals surface area contributed by atoms with Crippen LogP contribution in [-0.4, -0.2) is 72.0 Å². The number of aliphatic hydroxyl groups excluding tert-OH is 1. The van der Waals surface area contributed by atoms with Crippen LogP contribution in [0.1, 0.15) is 12.5 Å². The van der Waals surface area contributed by atoms with Crippen LogP contribution in [0, 0.1) is 5.82 Å². The van der Waals surface area contributed by atoms with Gasteiger partial charge in [0, 0.05) is 45.3 Å². The van der Waals surface area contributed by atoms with Gasteiger partial charge in [0.2, 0.25) is 5.91 Å². The quantitative estimate of drug-likeness (QED) is 0.648. The monoisotopic (exact) mass is 452 g/mol. The summed E-state index contributed by atoms with van der Waals surface area (Å²) >= 11 is 0. The molecular weight excluding hydrogens is 427 g/mol. The summed E-state index contributed by atoms with van der Waals surface area (Å²) in [6.07, 6.45) is 0. The standard InChI is InChI=1S/C24H25FN4O4/c1-16(31)26-19-7-5-17(6-8-19)21-22(28-11-9-27(10-12-28)13-14-30)24(33)29(23(21)32)20-4-2-3-18(25)15-20/h2-8,15,30H,9-14H2,1H3,(H,26,31). The van der Waals surface area contributed by atoms with Crippen molar-refractivity contribution in [3.05, 3.63) is 65.6 Å². The van der Waals surface area contributed by atoms with Gasteiger partial charge in [0.15, 0.2) is 0 Å². The van der Waals surface area contributed by atoms with Crippen LogP contribution in [0.5, 0.6) is 0 Å². The largest absolute Gasteiger partial charge is 0.395 e. The topological polar surface area (TPSA) is 93.2 Å². The Kier molecular flexibility index (Phi) is 6.52. The summed E-state index contributed by atoms with van der Waals surface area (Å²) in [7, 11) is 0. The molecule has 8 nitrogen and oxygen atoms in total. The summed E-state index contributed by atoms with van der Waals surface area (Å²) in [5.74, 6) is -1.78. The number of halogens is 1. The molecule has 2 heterocycles. The first-order valence-electron chi connectivity index (χ1n) is 10.7. The van der Waals surface area contributed by atoms with E-state index in [1.165, 1.54) is 25.1 Å². The first kappa shape index (κ1) is 22.6. The van der Waals surface area contributed by atoms with Crippen molar-refractivity contribution >= 4 is 34.7 Å². The molecule has 2 aliphatic rings. The van der Waals surface area contributed by atoms with Gasteiger partial charge in [-0.3, -0.25) is 19.3 Å². The molecule has 0 spiro atoms. The minimum atomic E-state index is -0.541. The second-order valence-electron chi connectivity index (χ2n) is 7.96. The number of imide groups is 1. The lowest BCUT2D eigenvalue weighted by atomic mass is 10.0. The van der Waals surface area contributed by atoms with E-state index in [4.69, 9.17) is 0 Å². The van der Waals surface area contributed by atoms with Crippen molar-refractivity contribution in [2.75, 3.05) is 49.5 Å². The number of aliphatic hydroxyl groups is 1. The maximum Gasteiger partial charge on any atom is 0.282 e. The van der Waals surface area contributed by atoms with Crippen LogP contribution in [0.2, 0.25) is 0 Å². The third kappa shape index (κ3) is 4.64. The SMILES string of the molecule is CC(=O)Nc1ccc(C2=C(N3CCN(CCO)CC3)C(=O)N(c3cccc(F)c3)C2=O)cc1. The van der Waals surface area contributed by atoms with E-state index in [2.05, 4.69) is 10.2 Å². The number of β-amino-alcohol motifs (C(OH)–C–C–N with tert-alkyl or cyclic N) is 1. The molecule has 3 amide bonds. The minimum Gasteiger partial charge on any atom is -0.395 e. The van der Waals surface area contributed by atoms with Crippen LogP contribution in [0.25, 0.3) is 5.57 Å². The lowest BCUT2D eigenvalue weighted by molar-refractivity contribution is -0.121. The van der Waals surface area contributed by atoms with Gasteiger partial charge in [-0.1, -0.05) is 18.2 Å². The van der Waals surface area contributed by atoms with Crippen LogP contribution in [0.4, 0.5) is 15.8 Å². The highest BCUT2D eigenvalue weighted by atomic mass is 19.1. The van der Waals surface area contributed by atoms with E-state index in [9.17, 15) is 23.9 Å².